The summed E-state index contributed by atoms with van der Waals surface area (Å²) >= 11 is 0. The molecule has 1 aliphatic rings. The van der Waals surface area contributed by atoms with Gasteiger partial charge in [0.05, 0.1) is 18.3 Å². The first-order valence-electron chi connectivity index (χ1n) is 9.48. The molecule has 0 aliphatic carbocycles. The van der Waals surface area contributed by atoms with Crippen LogP contribution in [0.1, 0.15) is 18.3 Å². The van der Waals surface area contributed by atoms with E-state index in [1.165, 1.54) is 12.5 Å². The van der Waals surface area contributed by atoms with Gasteiger partial charge in [-0.05, 0) is 17.7 Å². The number of carbonyl (C=O) groups excluding carboxylic acids is 1. The van der Waals surface area contributed by atoms with Crippen molar-refractivity contribution in [3.63, 3.8) is 0 Å². The van der Waals surface area contributed by atoms with Crippen molar-refractivity contribution in [2.45, 2.75) is 32.7 Å². The summed E-state index contributed by atoms with van der Waals surface area (Å²) in [4.78, 5) is 15.8. The van der Waals surface area contributed by atoms with Crippen LogP contribution in [0.25, 0.3) is 11.3 Å². The van der Waals surface area contributed by atoms with Crippen LogP contribution in [0.15, 0.2) is 60.8 Å². The van der Waals surface area contributed by atoms with Gasteiger partial charge in [-0.3, -0.25) is 4.79 Å². The predicted octanol–water partition coefficient (Wildman–Crippen LogP) is 3.20. The van der Waals surface area contributed by atoms with Crippen molar-refractivity contribution in [2.75, 3.05) is 11.9 Å². The highest BCUT2D eigenvalue weighted by atomic mass is 16.5. The Morgan fingerprint density at radius 1 is 1.18 bits per heavy atom. The van der Waals surface area contributed by atoms with Gasteiger partial charge in [0.2, 0.25) is 5.91 Å². The number of hydrogen-bond acceptors (Lipinski definition) is 4. The average Bonchev–Trinajstić information content (AvgIpc) is 3.13. The molecule has 1 aliphatic heterocycles. The first-order chi connectivity index (χ1) is 13.7. The minimum atomic E-state index is -0.0605. The largest absolute Gasteiger partial charge is 0.367 e. The zero-order valence-electron chi connectivity index (χ0n) is 15.9. The Morgan fingerprint density at radius 3 is 2.71 bits per heavy atom. The second kappa shape index (κ2) is 8.37. The molecule has 28 heavy (non-hydrogen) atoms. The van der Waals surface area contributed by atoms with Gasteiger partial charge >= 0.3 is 0 Å². The van der Waals surface area contributed by atoms with Crippen molar-refractivity contribution < 1.29 is 9.53 Å². The van der Waals surface area contributed by atoms with E-state index in [9.17, 15) is 4.79 Å². The van der Waals surface area contributed by atoms with Crippen molar-refractivity contribution in [2.24, 2.45) is 0 Å². The smallest absolute Gasteiger partial charge is 0.221 e. The van der Waals surface area contributed by atoms with Crippen LogP contribution in [0.3, 0.4) is 0 Å². The molecule has 144 valence electrons. The predicted molar refractivity (Wildman–Crippen MR) is 109 cm³/mol. The highest BCUT2D eigenvalue weighted by Crippen LogP contribution is 2.22. The van der Waals surface area contributed by atoms with E-state index >= 15 is 0 Å². The number of rotatable bonds is 6. The molecule has 6 nitrogen and oxygen atoms in total. The van der Waals surface area contributed by atoms with Gasteiger partial charge in [-0.15, -0.1) is 0 Å². The van der Waals surface area contributed by atoms with Crippen LogP contribution in [0, 0.1) is 0 Å². The summed E-state index contributed by atoms with van der Waals surface area (Å²) in [7, 11) is 0. The maximum absolute atomic E-state index is 11.1. The van der Waals surface area contributed by atoms with Gasteiger partial charge in [0.15, 0.2) is 0 Å². The molecule has 4 rings (SSSR count). The molecule has 0 radical (unpaired) electrons. The lowest BCUT2D eigenvalue weighted by molar-refractivity contribution is -0.114. The maximum Gasteiger partial charge on any atom is 0.221 e. The molecule has 1 amide bonds. The third kappa shape index (κ3) is 4.47. The molecular formula is C22H24N4O2. The number of anilines is 1. The fourth-order valence-electron chi connectivity index (χ4n) is 3.35. The Balaban J connectivity index is 1.29. The highest BCUT2D eigenvalue weighted by Gasteiger charge is 2.21. The molecule has 6 heteroatoms. The minimum Gasteiger partial charge on any atom is -0.367 e. The molecule has 1 aromatic heterocycles. The van der Waals surface area contributed by atoms with E-state index in [4.69, 9.17) is 9.72 Å². The van der Waals surface area contributed by atoms with Crippen molar-refractivity contribution >= 4 is 11.6 Å². The lowest BCUT2D eigenvalue weighted by atomic mass is 10.2. The molecule has 3 aromatic rings. The van der Waals surface area contributed by atoms with Gasteiger partial charge in [-0.2, -0.15) is 0 Å². The highest BCUT2D eigenvalue weighted by molar-refractivity contribution is 5.88. The fraction of sp³-hybridized carbons (Fsp3) is 0.273. The zero-order valence-corrected chi connectivity index (χ0v) is 15.9. The molecule has 2 N–H and O–H groups in total. The molecular weight excluding hydrogens is 352 g/mol. The lowest BCUT2D eigenvalue weighted by Gasteiger charge is -2.24. The Kier molecular flexibility index (Phi) is 5.50. The minimum absolute atomic E-state index is 0.0605. The van der Waals surface area contributed by atoms with Crippen LogP contribution < -0.4 is 10.6 Å². The summed E-state index contributed by atoms with van der Waals surface area (Å²) in [5, 5.41) is 6.23. The molecule has 1 atom stereocenters. The first-order valence-corrected chi connectivity index (χ1v) is 9.48. The number of aromatic nitrogens is 2. The standard InChI is InChI=1S/C22H24N4O2/c1-16(27)24-19-9-7-17(8-10-19)11-23-12-20-13-26-14-21(25-22(26)15-28-20)18-5-3-2-4-6-18/h2-10,14,20,23H,11-13,15H2,1H3,(H,24,27). The summed E-state index contributed by atoms with van der Waals surface area (Å²) in [6.07, 6.45) is 2.23. The van der Waals surface area contributed by atoms with Gasteiger partial charge in [0.1, 0.15) is 12.4 Å². The topological polar surface area (TPSA) is 68.2 Å². The van der Waals surface area contributed by atoms with Gasteiger partial charge < -0.3 is 19.9 Å². The second-order valence-electron chi connectivity index (χ2n) is 7.00. The van der Waals surface area contributed by atoms with Gasteiger partial charge in [-0.25, -0.2) is 4.98 Å². The third-order valence-corrected chi connectivity index (χ3v) is 4.75. The van der Waals surface area contributed by atoms with Crippen molar-refractivity contribution in [3.8, 4) is 11.3 Å². The van der Waals surface area contributed by atoms with E-state index in [0.29, 0.717) is 6.61 Å². The van der Waals surface area contributed by atoms with Crippen LogP contribution in [0.5, 0.6) is 0 Å². The number of amides is 1. The molecule has 0 fully saturated rings. The normalized spacial score (nSPS) is 15.8. The monoisotopic (exact) mass is 376 g/mol. The molecule has 1 unspecified atom stereocenters. The van der Waals surface area contributed by atoms with Gasteiger partial charge in [0, 0.05) is 37.5 Å². The molecule has 0 saturated heterocycles. The number of benzene rings is 2. The summed E-state index contributed by atoms with van der Waals surface area (Å²) in [6.45, 7) is 4.36. The van der Waals surface area contributed by atoms with E-state index in [-0.39, 0.29) is 12.0 Å². The third-order valence-electron chi connectivity index (χ3n) is 4.75. The lowest BCUT2D eigenvalue weighted by Crippen LogP contribution is -2.35. The number of nitrogens with zero attached hydrogens (tertiary/aromatic N) is 2. The van der Waals surface area contributed by atoms with Crippen LogP contribution in [0.4, 0.5) is 5.69 Å². The SMILES string of the molecule is CC(=O)Nc1ccc(CNCC2Cn3cc(-c4ccccc4)nc3CO2)cc1. The Labute approximate surface area is 164 Å². The van der Waals surface area contributed by atoms with E-state index in [1.807, 2.05) is 42.5 Å². The Hall–Kier alpha value is -2.96. The van der Waals surface area contributed by atoms with Crippen LogP contribution in [0.2, 0.25) is 0 Å². The first kappa shape index (κ1) is 18.4. The molecule has 0 saturated carbocycles. The summed E-state index contributed by atoms with van der Waals surface area (Å²) in [5.41, 5.74) is 4.10. The maximum atomic E-state index is 11.1. The average molecular weight is 376 g/mol. The Morgan fingerprint density at radius 2 is 1.96 bits per heavy atom. The van der Waals surface area contributed by atoms with E-state index in [2.05, 4.69) is 33.5 Å². The van der Waals surface area contributed by atoms with Crippen LogP contribution in [-0.2, 0) is 29.2 Å². The van der Waals surface area contributed by atoms with Crippen molar-refractivity contribution in [3.05, 3.63) is 72.2 Å². The van der Waals surface area contributed by atoms with Crippen LogP contribution >= 0.6 is 0 Å². The summed E-state index contributed by atoms with van der Waals surface area (Å²) in [5.74, 6) is 0.915. The number of ether oxygens (including phenoxy) is 1. The van der Waals surface area contributed by atoms with E-state index in [1.54, 1.807) is 0 Å². The quantitative estimate of drug-likeness (QED) is 0.693. The van der Waals surface area contributed by atoms with Crippen molar-refractivity contribution in [1.29, 1.82) is 0 Å². The molecule has 2 heterocycles. The van der Waals surface area contributed by atoms with Gasteiger partial charge in [-0.1, -0.05) is 42.5 Å². The summed E-state index contributed by atoms with van der Waals surface area (Å²) in [6, 6.07) is 18.1. The van der Waals surface area contributed by atoms with Gasteiger partial charge in [0.25, 0.3) is 0 Å². The van der Waals surface area contributed by atoms with E-state index in [0.717, 1.165) is 42.4 Å². The molecule has 0 bridgehead atoms. The summed E-state index contributed by atoms with van der Waals surface area (Å²) < 4.78 is 8.16. The van der Waals surface area contributed by atoms with Crippen molar-refractivity contribution in [1.82, 2.24) is 14.9 Å². The molecule has 0 spiro atoms. The number of imidazole rings is 1. The number of nitrogens with one attached hydrogen (secondary N) is 2. The second-order valence-corrected chi connectivity index (χ2v) is 7.00. The number of hydrogen-bond donors (Lipinski definition) is 2. The zero-order chi connectivity index (χ0) is 19.3. The Bertz CT molecular complexity index is 935. The number of carbonyl (C=O) groups is 1. The van der Waals surface area contributed by atoms with Crippen LogP contribution in [-0.4, -0.2) is 28.1 Å². The fourth-order valence-corrected chi connectivity index (χ4v) is 3.35. The number of fused-ring (bicyclic) bond motifs is 1. The molecule has 2 aromatic carbocycles. The van der Waals surface area contributed by atoms with E-state index < -0.39 is 0 Å².